The Bertz CT molecular complexity index is 242. The van der Waals surface area contributed by atoms with E-state index in [9.17, 15) is 0 Å². The molecule has 0 radical (unpaired) electrons. The zero-order valence-corrected chi connectivity index (χ0v) is 11.7. The summed E-state index contributed by atoms with van der Waals surface area (Å²) in [5, 5.41) is 3.67. The molecule has 0 aromatic heterocycles. The van der Waals surface area contributed by atoms with Gasteiger partial charge in [0.2, 0.25) is 0 Å². The first-order valence-electron chi connectivity index (χ1n) is 7.08. The van der Waals surface area contributed by atoms with Gasteiger partial charge in [0.1, 0.15) is 0 Å². The average Bonchev–Trinajstić information content (AvgIpc) is 2.50. The van der Waals surface area contributed by atoms with E-state index in [-0.39, 0.29) is 0 Å². The second-order valence-electron chi connectivity index (χ2n) is 5.60. The van der Waals surface area contributed by atoms with E-state index >= 15 is 0 Å². The molecule has 17 heavy (non-hydrogen) atoms. The Morgan fingerprint density at radius 3 is 2.82 bits per heavy atom. The Hall–Kier alpha value is -0.520. The average molecular weight is 236 g/mol. The molecule has 98 valence electrons. The molecular formula is C15H28N2. The normalized spacial score (nSPS) is 24.3. The Balaban J connectivity index is 2.55. The summed E-state index contributed by atoms with van der Waals surface area (Å²) >= 11 is 0. The van der Waals surface area contributed by atoms with Crippen molar-refractivity contribution >= 4 is 0 Å². The molecule has 0 saturated carbocycles. The Morgan fingerprint density at radius 2 is 2.24 bits per heavy atom. The molecule has 0 bridgehead atoms. The fourth-order valence-corrected chi connectivity index (χ4v) is 2.75. The van der Waals surface area contributed by atoms with Crippen LogP contribution in [0.4, 0.5) is 0 Å². The highest BCUT2D eigenvalue weighted by Gasteiger charge is 2.22. The first-order chi connectivity index (χ1) is 8.17. The topological polar surface area (TPSA) is 15.3 Å². The molecule has 1 saturated heterocycles. The van der Waals surface area contributed by atoms with Crippen molar-refractivity contribution in [2.45, 2.75) is 58.5 Å². The van der Waals surface area contributed by atoms with Gasteiger partial charge in [-0.15, -0.1) is 12.3 Å². The fraction of sp³-hybridized carbons (Fsp3) is 0.867. The molecule has 2 nitrogen and oxygen atoms in total. The van der Waals surface area contributed by atoms with E-state index in [1.54, 1.807) is 0 Å². The van der Waals surface area contributed by atoms with Crippen LogP contribution in [-0.4, -0.2) is 36.6 Å². The summed E-state index contributed by atoms with van der Waals surface area (Å²) in [7, 11) is 0. The lowest BCUT2D eigenvalue weighted by Gasteiger charge is -2.31. The molecule has 1 N–H and O–H groups in total. The minimum Gasteiger partial charge on any atom is -0.313 e. The summed E-state index contributed by atoms with van der Waals surface area (Å²) in [6, 6.07) is 1.22. The lowest BCUT2D eigenvalue weighted by Crippen LogP contribution is -2.43. The van der Waals surface area contributed by atoms with Crippen molar-refractivity contribution in [2.75, 3.05) is 19.6 Å². The van der Waals surface area contributed by atoms with Gasteiger partial charge in [0.25, 0.3) is 0 Å². The monoisotopic (exact) mass is 236 g/mol. The predicted octanol–water partition coefficient (Wildman–Crippen LogP) is 2.50. The van der Waals surface area contributed by atoms with Gasteiger partial charge in [-0.25, -0.2) is 0 Å². The van der Waals surface area contributed by atoms with Crippen LogP contribution in [0.2, 0.25) is 0 Å². The van der Waals surface area contributed by atoms with Crippen molar-refractivity contribution < 1.29 is 0 Å². The van der Waals surface area contributed by atoms with Gasteiger partial charge in [-0.3, -0.25) is 4.90 Å². The summed E-state index contributed by atoms with van der Waals surface area (Å²) in [5.41, 5.74) is 0. The van der Waals surface area contributed by atoms with Crippen molar-refractivity contribution in [2.24, 2.45) is 5.92 Å². The van der Waals surface area contributed by atoms with Crippen LogP contribution in [0.25, 0.3) is 0 Å². The van der Waals surface area contributed by atoms with Crippen LogP contribution in [0, 0.1) is 18.3 Å². The molecule has 1 fully saturated rings. The van der Waals surface area contributed by atoms with Crippen LogP contribution >= 0.6 is 0 Å². The lowest BCUT2D eigenvalue weighted by atomic mass is 10.0. The summed E-state index contributed by atoms with van der Waals surface area (Å²) in [6.45, 7) is 10.4. The van der Waals surface area contributed by atoms with E-state index in [1.807, 2.05) is 0 Å². The minimum atomic E-state index is 0.578. The highest BCUT2D eigenvalue weighted by Crippen LogP contribution is 2.15. The number of hydrogen-bond donors (Lipinski definition) is 1. The first-order valence-corrected chi connectivity index (χ1v) is 7.08. The predicted molar refractivity (Wildman–Crippen MR) is 75.0 cm³/mol. The molecule has 1 heterocycles. The number of nitrogens with zero attached hydrogens (tertiary/aromatic N) is 1. The van der Waals surface area contributed by atoms with Crippen molar-refractivity contribution in [3.05, 3.63) is 0 Å². The zero-order chi connectivity index (χ0) is 12.7. The van der Waals surface area contributed by atoms with Crippen LogP contribution < -0.4 is 5.32 Å². The van der Waals surface area contributed by atoms with Gasteiger partial charge in [0.15, 0.2) is 0 Å². The van der Waals surface area contributed by atoms with Crippen molar-refractivity contribution in [1.82, 2.24) is 10.2 Å². The largest absolute Gasteiger partial charge is 0.313 e. The Morgan fingerprint density at radius 1 is 1.47 bits per heavy atom. The van der Waals surface area contributed by atoms with Gasteiger partial charge in [-0.1, -0.05) is 20.8 Å². The molecule has 1 aliphatic heterocycles. The van der Waals surface area contributed by atoms with Gasteiger partial charge in [0.05, 0.1) is 0 Å². The maximum atomic E-state index is 5.47. The number of terminal acetylenes is 1. The molecule has 0 aromatic rings. The molecule has 0 aliphatic carbocycles. The minimum absolute atomic E-state index is 0.578. The van der Waals surface area contributed by atoms with Crippen LogP contribution in [0.1, 0.15) is 46.5 Å². The van der Waals surface area contributed by atoms with Crippen LogP contribution in [0.15, 0.2) is 0 Å². The number of rotatable bonds is 5. The molecule has 0 spiro atoms. The Kier molecular flexibility index (Phi) is 6.62. The van der Waals surface area contributed by atoms with E-state index in [4.69, 9.17) is 6.42 Å². The van der Waals surface area contributed by atoms with E-state index < -0.39 is 0 Å². The Labute approximate surface area is 107 Å². The van der Waals surface area contributed by atoms with Gasteiger partial charge in [-0.2, -0.15) is 0 Å². The third kappa shape index (κ3) is 5.10. The molecular weight excluding hydrogens is 208 g/mol. The van der Waals surface area contributed by atoms with Gasteiger partial charge in [0, 0.05) is 25.0 Å². The standard InChI is InChI=1S/C15H28N2/c1-5-8-15(6-2)17-10-7-9-16-14(12-17)11-13(3)4/h1,13-16H,6-12H2,2-4H3. The quantitative estimate of drug-likeness (QED) is 0.738. The maximum Gasteiger partial charge on any atom is 0.0242 e. The molecule has 1 rings (SSSR count). The molecule has 2 unspecified atom stereocenters. The highest BCUT2D eigenvalue weighted by atomic mass is 15.2. The molecule has 2 atom stereocenters. The second-order valence-corrected chi connectivity index (χ2v) is 5.60. The van der Waals surface area contributed by atoms with Crippen molar-refractivity contribution in [3.63, 3.8) is 0 Å². The van der Waals surface area contributed by atoms with Crippen LogP contribution in [0.3, 0.4) is 0 Å². The van der Waals surface area contributed by atoms with E-state index in [1.165, 1.54) is 32.4 Å². The fourth-order valence-electron chi connectivity index (χ4n) is 2.75. The van der Waals surface area contributed by atoms with Crippen molar-refractivity contribution in [1.29, 1.82) is 0 Å². The van der Waals surface area contributed by atoms with Gasteiger partial charge < -0.3 is 5.32 Å². The molecule has 2 heteroatoms. The summed E-state index contributed by atoms with van der Waals surface area (Å²) in [6.07, 6.45) is 10.0. The van der Waals surface area contributed by atoms with Crippen LogP contribution in [0.5, 0.6) is 0 Å². The van der Waals surface area contributed by atoms with E-state index in [0.29, 0.717) is 12.1 Å². The van der Waals surface area contributed by atoms with Crippen LogP contribution in [-0.2, 0) is 0 Å². The van der Waals surface area contributed by atoms with Crippen molar-refractivity contribution in [3.8, 4) is 12.3 Å². The highest BCUT2D eigenvalue weighted by molar-refractivity contribution is 4.92. The molecule has 1 aliphatic rings. The lowest BCUT2D eigenvalue weighted by molar-refractivity contribution is 0.184. The van der Waals surface area contributed by atoms with Gasteiger partial charge in [-0.05, 0) is 38.3 Å². The second kappa shape index (κ2) is 7.74. The zero-order valence-electron chi connectivity index (χ0n) is 11.7. The maximum absolute atomic E-state index is 5.47. The SMILES string of the molecule is C#CCC(CC)N1CCCNC(CC(C)C)C1. The third-order valence-corrected chi connectivity index (χ3v) is 3.61. The number of nitrogens with one attached hydrogen (secondary N) is 1. The van der Waals surface area contributed by atoms with E-state index in [2.05, 4.69) is 36.9 Å². The number of hydrogen-bond acceptors (Lipinski definition) is 2. The van der Waals surface area contributed by atoms with E-state index in [0.717, 1.165) is 18.9 Å². The third-order valence-electron chi connectivity index (χ3n) is 3.61. The summed E-state index contributed by atoms with van der Waals surface area (Å²) in [5.74, 6) is 3.59. The summed E-state index contributed by atoms with van der Waals surface area (Å²) < 4.78 is 0. The van der Waals surface area contributed by atoms with Gasteiger partial charge >= 0.3 is 0 Å². The first kappa shape index (κ1) is 14.5. The summed E-state index contributed by atoms with van der Waals surface area (Å²) in [4.78, 5) is 2.60. The molecule has 0 aromatic carbocycles. The smallest absolute Gasteiger partial charge is 0.0242 e. The molecule has 0 amide bonds.